The van der Waals surface area contributed by atoms with Crippen LogP contribution in [0.25, 0.3) is 11.4 Å². The molecule has 0 saturated carbocycles. The third-order valence-corrected chi connectivity index (χ3v) is 6.57. The fraction of sp³-hybridized carbons (Fsp3) is 0.214. The van der Waals surface area contributed by atoms with Gasteiger partial charge in [-0.2, -0.15) is 0 Å². The molecular weight excluding hydrogens is 665 g/mol. The number of nitrogens with one attached hydrogen (secondary N) is 1. The van der Waals surface area contributed by atoms with Gasteiger partial charge in [0.05, 0.1) is 16.1 Å². The Balaban J connectivity index is 0.00000175. The molecule has 9 nitrogen and oxygen atoms in total. The monoisotopic (exact) mass is 697 g/mol. The van der Waals surface area contributed by atoms with Crippen molar-refractivity contribution in [2.24, 2.45) is 0 Å². The maximum atomic E-state index is 12.6. The number of hydrogen-bond acceptors (Lipinski definition) is 8. The van der Waals surface area contributed by atoms with E-state index in [1.54, 1.807) is 7.11 Å². The Morgan fingerprint density at radius 2 is 1.45 bits per heavy atom. The first kappa shape index (κ1) is 36.9. The molecule has 0 aliphatic heterocycles. The van der Waals surface area contributed by atoms with E-state index in [1.807, 2.05) is 87.4 Å². The number of benzene rings is 3. The lowest BCUT2D eigenvalue weighted by molar-refractivity contribution is -0.0980. The first-order chi connectivity index (χ1) is 19.5. The molecule has 0 aliphatic rings. The van der Waals surface area contributed by atoms with E-state index in [2.05, 4.69) is 46.9 Å². The van der Waals surface area contributed by atoms with Gasteiger partial charge in [0.25, 0.3) is 5.91 Å². The highest BCUT2D eigenvalue weighted by molar-refractivity contribution is 9.11. The second-order valence-corrected chi connectivity index (χ2v) is 9.35. The van der Waals surface area contributed by atoms with Crippen LogP contribution in [0.1, 0.15) is 29.6 Å². The number of ether oxygens (including phenoxy) is 2. The maximum absolute atomic E-state index is 12.6. The highest BCUT2D eigenvalue weighted by atomic mass is 79.9. The molecule has 1 unspecified atom stereocenters. The third kappa shape index (κ3) is 11.6. The number of methoxy groups -OCH3 is 1. The summed E-state index contributed by atoms with van der Waals surface area (Å²) in [6, 6.07) is 20.9. The molecule has 1 amide bonds. The predicted octanol–water partition coefficient (Wildman–Crippen LogP) is 6.49. The Morgan fingerprint density at radius 1 is 0.925 bits per heavy atom. The topological polar surface area (TPSA) is 131 Å². The summed E-state index contributed by atoms with van der Waals surface area (Å²) in [4.78, 5) is 25.0. The van der Waals surface area contributed by atoms with E-state index < -0.39 is 0 Å². The van der Waals surface area contributed by atoms with Gasteiger partial charge >= 0.3 is 0 Å². The van der Waals surface area contributed by atoms with Crippen molar-refractivity contribution in [3.63, 3.8) is 0 Å². The van der Waals surface area contributed by atoms with Gasteiger partial charge in [0.15, 0.2) is 11.3 Å². The number of nitrogens with zero attached hydrogens (tertiary/aromatic N) is 2. The van der Waals surface area contributed by atoms with Crippen LogP contribution in [0.5, 0.6) is 17.2 Å². The van der Waals surface area contributed by atoms with E-state index in [9.17, 15) is 4.79 Å². The fourth-order valence-corrected chi connectivity index (χ4v) is 5.19. The van der Waals surface area contributed by atoms with E-state index in [1.165, 1.54) is 0 Å². The number of aliphatic hydroxyl groups is 2. The second kappa shape index (κ2) is 21.7. The number of halogens is 2. The van der Waals surface area contributed by atoms with Crippen molar-refractivity contribution >= 4 is 52.9 Å². The molecule has 3 N–H and O–H groups in total. The highest BCUT2D eigenvalue weighted by Gasteiger charge is 2.15. The van der Waals surface area contributed by atoms with Crippen molar-refractivity contribution in [2.75, 3.05) is 21.3 Å². The van der Waals surface area contributed by atoms with Gasteiger partial charge < -0.3 is 29.8 Å². The maximum Gasteiger partial charge on any atom is 0.275 e. The van der Waals surface area contributed by atoms with E-state index in [0.717, 1.165) is 45.8 Å². The molecule has 0 radical (unpaired) electrons. The zero-order chi connectivity index (χ0) is 30.5. The molecule has 0 spiro atoms. The molecular formula is C28H34Br2N3O6P. The number of amides is 1. The SMILES string of the molecule is C=O.CC.CO.CO.COc1c(Br)cc(-c2n[pH]c(C(=O)NCc3ccc(Oc4ccccc4)cc3)n2)cc1Br. The standard InChI is InChI=1S/C23H18Br2N3O3P.C2H6.2CH4O.CH2O/c1-30-20-18(24)11-15(12-19(20)25)21-27-23(32-28-21)22(29)26-13-14-7-9-17(10-8-14)31-16-5-3-2-4-6-16;4*1-2/h2-12,32H,13H2,1H3,(H,26,29);1-2H3;2*2H,1H3;1H2. The minimum Gasteiger partial charge on any atom is -0.494 e. The van der Waals surface area contributed by atoms with E-state index >= 15 is 0 Å². The second-order valence-electron chi connectivity index (χ2n) is 6.72. The smallest absolute Gasteiger partial charge is 0.275 e. The summed E-state index contributed by atoms with van der Waals surface area (Å²) in [5.74, 6) is 2.51. The fourth-order valence-electron chi connectivity index (χ4n) is 2.94. The summed E-state index contributed by atoms with van der Waals surface area (Å²) < 4.78 is 17.1. The molecule has 40 heavy (non-hydrogen) atoms. The van der Waals surface area contributed by atoms with Crippen LogP contribution in [-0.2, 0) is 11.3 Å². The number of carbonyl (C=O) groups excluding carboxylic acids is 2. The van der Waals surface area contributed by atoms with E-state index in [0.29, 0.717) is 23.5 Å². The Morgan fingerprint density at radius 3 is 1.98 bits per heavy atom. The normalized spacial score (nSPS) is 9.22. The molecule has 0 aliphatic carbocycles. The number of para-hydroxylation sites is 1. The Labute approximate surface area is 253 Å². The van der Waals surface area contributed by atoms with Crippen molar-refractivity contribution in [3.8, 4) is 28.6 Å². The van der Waals surface area contributed by atoms with Crippen LogP contribution in [0.15, 0.2) is 75.7 Å². The number of hydrogen-bond donors (Lipinski definition) is 3. The van der Waals surface area contributed by atoms with Crippen LogP contribution in [0.3, 0.4) is 0 Å². The van der Waals surface area contributed by atoms with Crippen LogP contribution >= 0.6 is 40.2 Å². The molecule has 1 aromatic heterocycles. The van der Waals surface area contributed by atoms with E-state index in [-0.39, 0.29) is 14.3 Å². The van der Waals surface area contributed by atoms with Gasteiger partial charge in [0.1, 0.15) is 24.0 Å². The molecule has 0 fully saturated rings. The average molecular weight is 699 g/mol. The van der Waals surface area contributed by atoms with Gasteiger partial charge in [0.2, 0.25) is 0 Å². The van der Waals surface area contributed by atoms with Crippen molar-refractivity contribution in [1.82, 2.24) is 15.0 Å². The molecule has 4 rings (SSSR count). The van der Waals surface area contributed by atoms with Crippen LogP contribution in [0, 0.1) is 0 Å². The quantitative estimate of drug-likeness (QED) is 0.200. The van der Waals surface area contributed by atoms with Gasteiger partial charge in [-0.15, -0.1) is 0 Å². The number of aromatic nitrogens is 2. The summed E-state index contributed by atoms with van der Waals surface area (Å²) >= 11 is 6.96. The molecule has 4 aromatic rings. The first-order valence-corrected chi connectivity index (χ1v) is 14.3. The Kier molecular flexibility index (Phi) is 20.0. The zero-order valence-electron chi connectivity index (χ0n) is 22.9. The van der Waals surface area contributed by atoms with Crippen molar-refractivity contribution < 1.29 is 29.3 Å². The van der Waals surface area contributed by atoms with E-state index in [4.69, 9.17) is 24.5 Å². The first-order valence-electron chi connectivity index (χ1n) is 11.8. The number of aliphatic hydroxyl groups excluding tert-OH is 2. The Hall–Kier alpha value is -3.08. The predicted molar refractivity (Wildman–Crippen MR) is 168 cm³/mol. The van der Waals surface area contributed by atoms with Gasteiger partial charge in [-0.3, -0.25) is 4.79 Å². The summed E-state index contributed by atoms with van der Waals surface area (Å²) in [7, 11) is 3.57. The van der Waals surface area contributed by atoms with Crippen molar-refractivity contribution in [2.45, 2.75) is 20.4 Å². The molecule has 3 aromatic carbocycles. The van der Waals surface area contributed by atoms with Crippen molar-refractivity contribution in [1.29, 1.82) is 0 Å². The third-order valence-electron chi connectivity index (χ3n) is 4.52. The lowest BCUT2D eigenvalue weighted by Gasteiger charge is -2.08. The largest absolute Gasteiger partial charge is 0.494 e. The molecule has 1 heterocycles. The highest BCUT2D eigenvalue weighted by Crippen LogP contribution is 2.37. The lowest BCUT2D eigenvalue weighted by Crippen LogP contribution is -2.22. The molecule has 216 valence electrons. The molecule has 0 bridgehead atoms. The number of carbonyl (C=O) groups is 2. The van der Waals surface area contributed by atoms with Crippen LogP contribution in [0.2, 0.25) is 0 Å². The molecule has 0 saturated heterocycles. The van der Waals surface area contributed by atoms with Crippen LogP contribution in [-0.4, -0.2) is 54.0 Å². The number of rotatable bonds is 7. The van der Waals surface area contributed by atoms with Crippen molar-refractivity contribution in [3.05, 3.63) is 86.7 Å². The minimum absolute atomic E-state index is 0.0295. The van der Waals surface area contributed by atoms with Gasteiger partial charge in [0, 0.05) is 26.3 Å². The van der Waals surface area contributed by atoms with Crippen LogP contribution < -0.4 is 14.8 Å². The molecule has 12 heteroatoms. The van der Waals surface area contributed by atoms with Gasteiger partial charge in [-0.1, -0.05) is 44.2 Å². The summed E-state index contributed by atoms with van der Waals surface area (Å²) in [6.45, 7) is 6.39. The summed E-state index contributed by atoms with van der Waals surface area (Å²) in [5.41, 5.74) is 2.17. The van der Waals surface area contributed by atoms with Crippen LogP contribution in [0.4, 0.5) is 0 Å². The minimum atomic E-state index is -0.224. The molecule has 1 atom stereocenters. The average Bonchev–Trinajstić information content (AvgIpc) is 3.52. The summed E-state index contributed by atoms with van der Waals surface area (Å²) in [5, 5.41) is 16.9. The van der Waals surface area contributed by atoms with Gasteiger partial charge in [-0.05, 0) is 82.2 Å². The Bertz CT molecular complexity index is 1240. The zero-order valence-corrected chi connectivity index (χ0v) is 27.1. The van der Waals surface area contributed by atoms with Gasteiger partial charge in [-0.25, -0.2) is 9.73 Å². The lowest BCUT2D eigenvalue weighted by atomic mass is 10.2. The summed E-state index contributed by atoms with van der Waals surface area (Å²) in [6.07, 6.45) is 0.